The zero-order chi connectivity index (χ0) is 12.6. The van der Waals surface area contributed by atoms with Crippen LogP contribution in [0.25, 0.3) is 0 Å². The molecule has 0 saturated carbocycles. The Morgan fingerprint density at radius 3 is 2.44 bits per heavy atom. The second-order valence-corrected chi connectivity index (χ2v) is 6.73. The van der Waals surface area contributed by atoms with Gasteiger partial charge in [0.15, 0.2) is 0 Å². The summed E-state index contributed by atoms with van der Waals surface area (Å²) in [6, 6.07) is 0.708. The van der Waals surface area contributed by atoms with Crippen molar-refractivity contribution in [3.05, 3.63) is 0 Å². The summed E-state index contributed by atoms with van der Waals surface area (Å²) in [6.07, 6.45) is 0. The van der Waals surface area contributed by atoms with E-state index in [2.05, 4.69) is 46.6 Å². The summed E-state index contributed by atoms with van der Waals surface area (Å²) in [4.78, 5) is 2.41. The molecule has 0 bridgehead atoms. The lowest BCUT2D eigenvalue weighted by Gasteiger charge is -2.40. The van der Waals surface area contributed by atoms with Gasteiger partial charge in [0.25, 0.3) is 0 Å². The maximum absolute atomic E-state index is 6.12. The Balaban J connectivity index is 2.60. The van der Waals surface area contributed by atoms with E-state index >= 15 is 0 Å². The molecule has 1 heterocycles. The molecule has 1 saturated heterocycles. The molecule has 3 unspecified atom stereocenters. The Bertz CT molecular complexity index is 237. The van der Waals surface area contributed by atoms with E-state index in [1.54, 1.807) is 0 Å². The first kappa shape index (κ1) is 13.9. The molecule has 1 aliphatic rings. The first-order chi connectivity index (χ1) is 7.17. The van der Waals surface area contributed by atoms with Crippen LogP contribution in [0.5, 0.6) is 0 Å². The Morgan fingerprint density at radius 1 is 1.50 bits per heavy atom. The van der Waals surface area contributed by atoms with Crippen LogP contribution >= 0.6 is 0 Å². The first-order valence-corrected chi connectivity index (χ1v) is 6.20. The number of rotatable bonds is 3. The van der Waals surface area contributed by atoms with Gasteiger partial charge in [0.1, 0.15) is 0 Å². The molecular formula is C13H28N2O. The maximum atomic E-state index is 6.12. The average molecular weight is 228 g/mol. The van der Waals surface area contributed by atoms with Gasteiger partial charge in [-0.05, 0) is 19.4 Å². The fraction of sp³-hybridized carbons (Fsp3) is 1.00. The van der Waals surface area contributed by atoms with E-state index in [1.165, 1.54) is 0 Å². The lowest BCUT2D eigenvalue weighted by molar-refractivity contribution is 0.0759. The highest BCUT2D eigenvalue weighted by Crippen LogP contribution is 2.31. The number of nitrogens with zero attached hydrogens (tertiary/aromatic N) is 1. The van der Waals surface area contributed by atoms with Crippen LogP contribution in [-0.4, -0.2) is 43.8 Å². The molecular weight excluding hydrogens is 200 g/mol. The molecule has 0 aliphatic carbocycles. The Kier molecular flexibility index (Phi) is 4.04. The van der Waals surface area contributed by atoms with Crippen molar-refractivity contribution in [3.8, 4) is 0 Å². The predicted molar refractivity (Wildman–Crippen MR) is 68.4 cm³/mol. The smallest absolute Gasteiger partial charge is 0.0624 e. The van der Waals surface area contributed by atoms with Crippen molar-refractivity contribution in [1.82, 2.24) is 4.90 Å². The standard InChI is InChI=1S/C13H28N2O/c1-10(12(2,3)4)15(6)8-13(5)9-16-7-11(13)14/h10-11H,7-9,14H2,1-6H3. The van der Waals surface area contributed by atoms with Gasteiger partial charge in [0.05, 0.1) is 13.2 Å². The van der Waals surface area contributed by atoms with Crippen molar-refractivity contribution in [2.75, 3.05) is 26.8 Å². The summed E-state index contributed by atoms with van der Waals surface area (Å²) in [5, 5.41) is 0. The third kappa shape index (κ3) is 2.96. The molecule has 3 atom stereocenters. The maximum Gasteiger partial charge on any atom is 0.0624 e. The van der Waals surface area contributed by atoms with E-state index in [0.717, 1.165) is 13.2 Å². The minimum absolute atomic E-state index is 0.105. The highest BCUT2D eigenvalue weighted by Gasteiger charge is 2.40. The van der Waals surface area contributed by atoms with Crippen molar-refractivity contribution in [1.29, 1.82) is 0 Å². The average Bonchev–Trinajstić information content (AvgIpc) is 2.44. The SMILES string of the molecule is CC(N(C)CC1(C)COCC1N)C(C)(C)C. The fourth-order valence-electron chi connectivity index (χ4n) is 2.26. The molecule has 0 spiro atoms. The van der Waals surface area contributed by atoms with Gasteiger partial charge in [0.2, 0.25) is 0 Å². The lowest BCUT2D eigenvalue weighted by Crippen LogP contribution is -2.50. The summed E-state index contributed by atoms with van der Waals surface area (Å²) < 4.78 is 5.49. The largest absolute Gasteiger partial charge is 0.379 e. The lowest BCUT2D eigenvalue weighted by atomic mass is 9.82. The number of hydrogen-bond acceptors (Lipinski definition) is 3. The molecule has 0 aromatic carbocycles. The van der Waals surface area contributed by atoms with Crippen LogP contribution < -0.4 is 5.73 Å². The predicted octanol–water partition coefficient (Wildman–Crippen LogP) is 1.72. The van der Waals surface area contributed by atoms with Crippen LogP contribution in [-0.2, 0) is 4.74 Å². The third-order valence-corrected chi connectivity index (χ3v) is 4.15. The monoisotopic (exact) mass is 228 g/mol. The van der Waals surface area contributed by atoms with Crippen LogP contribution in [0.1, 0.15) is 34.6 Å². The van der Waals surface area contributed by atoms with E-state index in [9.17, 15) is 0 Å². The Hall–Kier alpha value is -0.120. The van der Waals surface area contributed by atoms with Gasteiger partial charge in [-0.2, -0.15) is 0 Å². The molecule has 2 N–H and O–H groups in total. The molecule has 0 radical (unpaired) electrons. The Labute approximate surface area is 100 Å². The Morgan fingerprint density at radius 2 is 2.06 bits per heavy atom. The van der Waals surface area contributed by atoms with Crippen molar-refractivity contribution in [2.24, 2.45) is 16.6 Å². The van der Waals surface area contributed by atoms with E-state index in [-0.39, 0.29) is 11.5 Å². The minimum atomic E-state index is 0.105. The molecule has 0 aromatic rings. The summed E-state index contributed by atoms with van der Waals surface area (Å²) in [7, 11) is 2.19. The van der Waals surface area contributed by atoms with Gasteiger partial charge in [-0.15, -0.1) is 0 Å². The van der Waals surface area contributed by atoms with Gasteiger partial charge in [-0.1, -0.05) is 27.7 Å². The van der Waals surface area contributed by atoms with Gasteiger partial charge < -0.3 is 15.4 Å². The normalized spacial score (nSPS) is 33.4. The molecule has 0 aromatic heterocycles. The minimum Gasteiger partial charge on any atom is -0.379 e. The van der Waals surface area contributed by atoms with E-state index in [1.807, 2.05) is 0 Å². The fourth-order valence-corrected chi connectivity index (χ4v) is 2.26. The van der Waals surface area contributed by atoms with Crippen LogP contribution in [0, 0.1) is 10.8 Å². The van der Waals surface area contributed by atoms with E-state index in [0.29, 0.717) is 18.1 Å². The van der Waals surface area contributed by atoms with E-state index in [4.69, 9.17) is 10.5 Å². The van der Waals surface area contributed by atoms with Gasteiger partial charge in [-0.3, -0.25) is 0 Å². The van der Waals surface area contributed by atoms with Crippen LogP contribution in [0.4, 0.5) is 0 Å². The van der Waals surface area contributed by atoms with Gasteiger partial charge >= 0.3 is 0 Å². The quantitative estimate of drug-likeness (QED) is 0.799. The molecule has 1 fully saturated rings. The van der Waals surface area contributed by atoms with Gasteiger partial charge in [-0.25, -0.2) is 0 Å². The van der Waals surface area contributed by atoms with Crippen molar-refractivity contribution in [2.45, 2.75) is 46.7 Å². The summed E-state index contributed by atoms with van der Waals surface area (Å²) in [5.41, 5.74) is 6.52. The highest BCUT2D eigenvalue weighted by atomic mass is 16.5. The van der Waals surface area contributed by atoms with Crippen LogP contribution in [0.2, 0.25) is 0 Å². The second kappa shape index (κ2) is 4.63. The van der Waals surface area contributed by atoms with Crippen LogP contribution in [0.15, 0.2) is 0 Å². The molecule has 16 heavy (non-hydrogen) atoms. The van der Waals surface area contributed by atoms with Crippen LogP contribution in [0.3, 0.4) is 0 Å². The molecule has 3 heteroatoms. The zero-order valence-corrected chi connectivity index (χ0v) is 11.7. The summed E-state index contributed by atoms with van der Waals surface area (Å²) >= 11 is 0. The molecule has 1 rings (SSSR count). The molecule has 1 aliphatic heterocycles. The van der Waals surface area contributed by atoms with Crippen molar-refractivity contribution < 1.29 is 4.74 Å². The van der Waals surface area contributed by atoms with Crippen molar-refractivity contribution in [3.63, 3.8) is 0 Å². The van der Waals surface area contributed by atoms with Gasteiger partial charge in [0, 0.05) is 24.0 Å². The molecule has 96 valence electrons. The second-order valence-electron chi connectivity index (χ2n) is 6.73. The molecule has 3 nitrogen and oxygen atoms in total. The topological polar surface area (TPSA) is 38.5 Å². The first-order valence-electron chi connectivity index (χ1n) is 6.20. The summed E-state index contributed by atoms with van der Waals surface area (Å²) in [5.74, 6) is 0. The van der Waals surface area contributed by atoms with E-state index < -0.39 is 0 Å². The summed E-state index contributed by atoms with van der Waals surface area (Å²) in [6.45, 7) is 13.8. The number of nitrogens with two attached hydrogens (primary N) is 1. The zero-order valence-electron chi connectivity index (χ0n) is 11.7. The van der Waals surface area contributed by atoms with Crippen molar-refractivity contribution >= 4 is 0 Å². The highest BCUT2D eigenvalue weighted by molar-refractivity contribution is 4.93. The molecule has 0 amide bonds. The number of ether oxygens (including phenoxy) is 1. The number of hydrogen-bond donors (Lipinski definition) is 1. The third-order valence-electron chi connectivity index (χ3n) is 4.15.